The minimum absolute atomic E-state index is 0.138. The van der Waals surface area contributed by atoms with Crippen LogP contribution in [0.5, 0.6) is 0 Å². The van der Waals surface area contributed by atoms with Gasteiger partial charge in [0, 0.05) is 0 Å². The van der Waals surface area contributed by atoms with E-state index in [-0.39, 0.29) is 5.43 Å². The Kier molecular flexibility index (Phi) is 6.40. The van der Waals surface area contributed by atoms with Crippen molar-refractivity contribution in [3.63, 3.8) is 0 Å². The van der Waals surface area contributed by atoms with Crippen molar-refractivity contribution in [1.82, 2.24) is 0 Å². The van der Waals surface area contributed by atoms with Crippen LogP contribution in [0.25, 0.3) is 20.2 Å². The van der Waals surface area contributed by atoms with Gasteiger partial charge in [-0.2, -0.15) is 0 Å². The first kappa shape index (κ1) is 19.1. The number of fused-ring (bicyclic) bond motifs is 2. The number of hydrogen-bond donors (Lipinski definition) is 1. The van der Waals surface area contributed by atoms with E-state index in [9.17, 15) is 4.79 Å². The maximum absolute atomic E-state index is 13.2. The van der Waals surface area contributed by atoms with Crippen LogP contribution in [0.15, 0.2) is 35.1 Å². The molecule has 25 heavy (non-hydrogen) atoms. The van der Waals surface area contributed by atoms with Crippen LogP contribution in [0.1, 0.15) is 32.3 Å². The van der Waals surface area contributed by atoms with Crippen molar-refractivity contribution in [3.05, 3.63) is 46.1 Å². The van der Waals surface area contributed by atoms with E-state index in [1.165, 1.54) is 9.49 Å². The Hall–Kier alpha value is -0.645. The van der Waals surface area contributed by atoms with E-state index in [0.29, 0.717) is 5.92 Å². The quantitative estimate of drug-likeness (QED) is 0.322. The molecule has 0 radical (unpaired) electrons. The van der Waals surface area contributed by atoms with Crippen LogP contribution < -0.4 is 13.8 Å². The number of halogens is 1. The number of aryl methyl sites for hydroxylation is 1. The van der Waals surface area contributed by atoms with Gasteiger partial charge in [0.2, 0.25) is 0 Å². The van der Waals surface area contributed by atoms with Crippen molar-refractivity contribution in [2.45, 2.75) is 33.6 Å². The Bertz CT molecular complexity index is 969. The Balaban J connectivity index is 2.13. The zero-order chi connectivity index (χ0) is 18.0. The van der Waals surface area contributed by atoms with Crippen LogP contribution in [-0.2, 0) is 23.3 Å². The molecule has 0 spiro atoms. The first-order valence-corrected chi connectivity index (χ1v) is 19.2. The van der Waals surface area contributed by atoms with Crippen molar-refractivity contribution in [2.75, 3.05) is 11.9 Å². The summed E-state index contributed by atoms with van der Waals surface area (Å²) >= 11 is 0.202. The molecule has 1 atom stereocenters. The fraction of sp³-hybridized carbons (Fsp3) is 0.350. The molecule has 0 aliphatic rings. The van der Waals surface area contributed by atoms with E-state index in [2.05, 4.69) is 50.4 Å². The van der Waals surface area contributed by atoms with Gasteiger partial charge in [-0.25, -0.2) is 0 Å². The molecule has 128 valence electrons. The summed E-state index contributed by atoms with van der Waals surface area (Å²) in [6.45, 7) is 7.46. The van der Waals surface area contributed by atoms with Gasteiger partial charge in [-0.05, 0) is 0 Å². The molecule has 0 bridgehead atoms. The molecular weight excluding hydrogens is 538 g/mol. The SMILES string of the molecule is CCC(C)CCNc1ccc(C)c2sc3cc[c]([Hg][Cl])cc3c(=O)c12. The summed E-state index contributed by atoms with van der Waals surface area (Å²) in [6.07, 6.45) is 2.30. The van der Waals surface area contributed by atoms with Crippen molar-refractivity contribution >= 4 is 48.5 Å². The normalized spacial score (nSPS) is 12.3. The van der Waals surface area contributed by atoms with Gasteiger partial charge in [-0.15, -0.1) is 0 Å². The van der Waals surface area contributed by atoms with Crippen LogP contribution in [0.3, 0.4) is 0 Å². The number of anilines is 1. The van der Waals surface area contributed by atoms with Gasteiger partial charge in [0.15, 0.2) is 0 Å². The number of rotatable bonds is 6. The predicted octanol–water partition coefficient (Wildman–Crippen LogP) is 5.43. The second-order valence-corrected chi connectivity index (χ2v) is 14.4. The van der Waals surface area contributed by atoms with Crippen molar-refractivity contribution in [3.8, 4) is 0 Å². The summed E-state index contributed by atoms with van der Waals surface area (Å²) in [5, 5.41) is 5.17. The Morgan fingerprint density at radius 1 is 1.28 bits per heavy atom. The number of benzene rings is 2. The summed E-state index contributed by atoms with van der Waals surface area (Å²) in [6, 6.07) is 10.4. The Morgan fingerprint density at radius 3 is 2.80 bits per heavy atom. The second-order valence-electron chi connectivity index (χ2n) is 6.76. The molecule has 0 amide bonds. The maximum atomic E-state index is 13.2. The molecule has 2 nitrogen and oxygen atoms in total. The topological polar surface area (TPSA) is 29.1 Å². The Labute approximate surface area is 168 Å². The summed E-state index contributed by atoms with van der Waals surface area (Å²) in [5.41, 5.74) is 2.26. The predicted molar refractivity (Wildman–Crippen MR) is 108 cm³/mol. The first-order valence-electron chi connectivity index (χ1n) is 8.84. The van der Waals surface area contributed by atoms with E-state index < -0.39 is 23.3 Å². The van der Waals surface area contributed by atoms with Crippen LogP contribution >= 0.6 is 19.6 Å². The van der Waals surface area contributed by atoms with Gasteiger partial charge in [0.25, 0.3) is 0 Å². The van der Waals surface area contributed by atoms with E-state index in [0.717, 1.165) is 44.4 Å². The molecule has 0 aliphatic heterocycles. The van der Waals surface area contributed by atoms with Crippen molar-refractivity contribution < 1.29 is 23.3 Å². The molecule has 3 rings (SSSR count). The molecule has 1 heterocycles. The average Bonchev–Trinajstić information content (AvgIpc) is 2.63. The average molecular weight is 561 g/mol. The number of hydrogen-bond acceptors (Lipinski definition) is 3. The summed E-state index contributed by atoms with van der Waals surface area (Å²) in [7, 11) is 6.18. The van der Waals surface area contributed by atoms with Gasteiger partial charge in [0.05, 0.1) is 0 Å². The van der Waals surface area contributed by atoms with Gasteiger partial charge >= 0.3 is 169 Å². The molecule has 0 aliphatic carbocycles. The minimum atomic E-state index is -1.51. The third kappa shape index (κ3) is 4.04. The first-order chi connectivity index (χ1) is 12.0. The molecule has 0 saturated heterocycles. The molecule has 1 N–H and O–H groups in total. The van der Waals surface area contributed by atoms with Crippen LogP contribution in [-0.4, -0.2) is 6.54 Å². The molecular formula is C20H22ClHgNOS. The molecule has 2 aromatic carbocycles. The number of nitrogens with one attached hydrogen (secondary N) is 1. The zero-order valence-corrected chi connectivity index (χ0v) is 22.1. The van der Waals surface area contributed by atoms with Gasteiger partial charge < -0.3 is 0 Å². The molecule has 0 saturated carbocycles. The van der Waals surface area contributed by atoms with Crippen LogP contribution in [0, 0.1) is 12.8 Å². The van der Waals surface area contributed by atoms with E-state index in [1.54, 1.807) is 11.3 Å². The summed E-state index contributed by atoms with van der Waals surface area (Å²) < 4.78 is 3.35. The van der Waals surface area contributed by atoms with Gasteiger partial charge in [-0.3, -0.25) is 0 Å². The fourth-order valence-corrected chi connectivity index (χ4v) is 7.53. The Morgan fingerprint density at radius 2 is 2.08 bits per heavy atom. The fourth-order valence-electron chi connectivity index (χ4n) is 3.02. The second kappa shape index (κ2) is 8.36. The third-order valence-corrected chi connectivity index (χ3v) is 11.8. The van der Waals surface area contributed by atoms with E-state index in [4.69, 9.17) is 8.25 Å². The van der Waals surface area contributed by atoms with E-state index >= 15 is 0 Å². The van der Waals surface area contributed by atoms with Crippen LogP contribution in [0.2, 0.25) is 0 Å². The molecule has 1 aromatic heterocycles. The monoisotopic (exact) mass is 561 g/mol. The summed E-state index contributed by atoms with van der Waals surface area (Å²) in [4.78, 5) is 13.2. The molecule has 1 unspecified atom stereocenters. The summed E-state index contributed by atoms with van der Waals surface area (Å²) in [5.74, 6) is 0.693. The van der Waals surface area contributed by atoms with Crippen molar-refractivity contribution in [2.24, 2.45) is 5.92 Å². The molecule has 3 aromatic rings. The van der Waals surface area contributed by atoms with Crippen LogP contribution in [0.4, 0.5) is 5.69 Å². The van der Waals surface area contributed by atoms with Gasteiger partial charge in [-0.1, -0.05) is 0 Å². The molecule has 5 heteroatoms. The standard InChI is InChI=1S/C20H22NOS.ClH.Hg/c1-4-13(2)11-12-21-16-10-9-14(3)20-18(16)19(22)15-7-5-6-8-17(15)23-20;;/h6-10,13,21H,4,11-12H2,1-3H3;1H;/q;;+1/p-1. The van der Waals surface area contributed by atoms with Gasteiger partial charge in [0.1, 0.15) is 0 Å². The third-order valence-electron chi connectivity index (χ3n) is 4.89. The van der Waals surface area contributed by atoms with Crippen molar-refractivity contribution in [1.29, 1.82) is 0 Å². The molecule has 0 fully saturated rings. The van der Waals surface area contributed by atoms with E-state index in [1.807, 2.05) is 6.07 Å². The zero-order valence-electron chi connectivity index (χ0n) is 15.0.